The number of aliphatic hydroxyl groups is 1. The van der Waals surface area contributed by atoms with Gasteiger partial charge in [-0.3, -0.25) is 9.48 Å². The zero-order valence-electron chi connectivity index (χ0n) is 10.8. The fourth-order valence-corrected chi connectivity index (χ4v) is 2.29. The smallest absolute Gasteiger partial charge is 0.227 e. The topological polar surface area (TPSA) is 58.4 Å². The fraction of sp³-hybridized carbons (Fsp3) is 0.667. The normalized spacial score (nSPS) is 18.1. The van der Waals surface area contributed by atoms with Crippen LogP contribution in [0.25, 0.3) is 0 Å². The molecule has 5 nitrogen and oxygen atoms in total. The highest BCUT2D eigenvalue weighted by Crippen LogP contribution is 2.22. The summed E-state index contributed by atoms with van der Waals surface area (Å²) in [5, 5.41) is 13.9. The molecule has 1 amide bonds. The van der Waals surface area contributed by atoms with Crippen molar-refractivity contribution in [1.29, 1.82) is 0 Å². The van der Waals surface area contributed by atoms with Crippen LogP contribution in [0, 0.1) is 13.8 Å². The monoisotopic (exact) mass is 237 g/mol. The molecule has 0 saturated carbocycles. The first-order valence-electron chi connectivity index (χ1n) is 5.79. The van der Waals surface area contributed by atoms with Crippen molar-refractivity contribution in [2.75, 3.05) is 13.1 Å². The third-order valence-corrected chi connectivity index (χ3v) is 3.40. The third-order valence-electron chi connectivity index (χ3n) is 3.40. The molecule has 94 valence electrons. The Morgan fingerprint density at radius 1 is 1.47 bits per heavy atom. The Morgan fingerprint density at radius 2 is 2.06 bits per heavy atom. The average Bonchev–Trinajstić information content (AvgIpc) is 2.41. The largest absolute Gasteiger partial charge is 0.386 e. The molecule has 1 aromatic heterocycles. The van der Waals surface area contributed by atoms with Crippen LogP contribution in [0.2, 0.25) is 0 Å². The van der Waals surface area contributed by atoms with Crippen molar-refractivity contribution in [3.05, 3.63) is 17.0 Å². The molecule has 2 heterocycles. The van der Waals surface area contributed by atoms with E-state index in [1.165, 1.54) is 0 Å². The Hall–Kier alpha value is -1.36. The first kappa shape index (κ1) is 12.1. The molecule has 0 atom stereocenters. The van der Waals surface area contributed by atoms with E-state index in [0.29, 0.717) is 19.5 Å². The van der Waals surface area contributed by atoms with Gasteiger partial charge in [-0.05, 0) is 20.8 Å². The molecule has 0 radical (unpaired) electrons. The first-order chi connectivity index (χ1) is 7.80. The predicted octanol–water partition coefficient (Wildman–Crippen LogP) is 0.173. The van der Waals surface area contributed by atoms with Gasteiger partial charge < -0.3 is 10.0 Å². The molecule has 0 aromatic carbocycles. The molecular formula is C12H19N3O2. The van der Waals surface area contributed by atoms with Gasteiger partial charge >= 0.3 is 0 Å². The molecule has 1 aliphatic heterocycles. The highest BCUT2D eigenvalue weighted by atomic mass is 16.3. The highest BCUT2D eigenvalue weighted by molar-refractivity contribution is 5.80. The minimum atomic E-state index is -0.700. The van der Waals surface area contributed by atoms with Crippen LogP contribution in [0.15, 0.2) is 0 Å². The summed E-state index contributed by atoms with van der Waals surface area (Å²) >= 11 is 0. The molecule has 1 aliphatic rings. The van der Waals surface area contributed by atoms with Crippen molar-refractivity contribution in [2.24, 2.45) is 7.05 Å². The number of nitrogens with zero attached hydrogens (tertiary/aromatic N) is 3. The second-order valence-electron chi connectivity index (χ2n) is 5.20. The van der Waals surface area contributed by atoms with E-state index in [1.54, 1.807) is 16.5 Å². The zero-order valence-corrected chi connectivity index (χ0v) is 10.8. The number of likely N-dealkylation sites (tertiary alicyclic amines) is 1. The molecule has 1 saturated heterocycles. The number of aryl methyl sites for hydroxylation is 2. The van der Waals surface area contributed by atoms with E-state index in [0.717, 1.165) is 17.0 Å². The maximum Gasteiger partial charge on any atom is 0.227 e. The summed E-state index contributed by atoms with van der Waals surface area (Å²) in [6, 6.07) is 0. The van der Waals surface area contributed by atoms with Crippen LogP contribution < -0.4 is 0 Å². The Balaban J connectivity index is 2.04. The molecule has 0 aliphatic carbocycles. The summed E-state index contributed by atoms with van der Waals surface area (Å²) in [7, 11) is 1.88. The van der Waals surface area contributed by atoms with E-state index in [-0.39, 0.29) is 5.91 Å². The molecule has 5 heteroatoms. The standard InChI is InChI=1S/C12H19N3O2/c1-8-10(9(2)14(4)13-8)5-11(16)15-6-12(3,17)7-15/h17H,5-7H2,1-4H3. The van der Waals surface area contributed by atoms with Crippen LogP contribution in [0.5, 0.6) is 0 Å². The lowest BCUT2D eigenvalue weighted by atomic mass is 9.96. The number of hydrogen-bond acceptors (Lipinski definition) is 3. The fourth-order valence-electron chi connectivity index (χ4n) is 2.29. The number of amides is 1. The molecule has 0 spiro atoms. The number of aromatic nitrogens is 2. The zero-order chi connectivity index (χ0) is 12.8. The number of carbonyl (C=O) groups is 1. The molecule has 0 bridgehead atoms. The lowest BCUT2D eigenvalue weighted by Gasteiger charge is -2.44. The summed E-state index contributed by atoms with van der Waals surface area (Å²) in [5.41, 5.74) is 2.24. The predicted molar refractivity (Wildman–Crippen MR) is 63.6 cm³/mol. The van der Waals surface area contributed by atoms with Crippen molar-refractivity contribution in [2.45, 2.75) is 32.8 Å². The van der Waals surface area contributed by atoms with Gasteiger partial charge in [-0.2, -0.15) is 5.10 Å². The van der Waals surface area contributed by atoms with Crippen LogP contribution in [-0.2, 0) is 18.3 Å². The van der Waals surface area contributed by atoms with E-state index in [1.807, 2.05) is 20.9 Å². The van der Waals surface area contributed by atoms with Gasteiger partial charge in [0.05, 0.1) is 30.8 Å². The van der Waals surface area contributed by atoms with Gasteiger partial charge in [0.15, 0.2) is 0 Å². The second kappa shape index (κ2) is 3.84. The van der Waals surface area contributed by atoms with Crippen molar-refractivity contribution in [1.82, 2.24) is 14.7 Å². The second-order valence-corrected chi connectivity index (χ2v) is 5.20. The van der Waals surface area contributed by atoms with Gasteiger partial charge in [0, 0.05) is 18.3 Å². The summed E-state index contributed by atoms with van der Waals surface area (Å²) in [5.74, 6) is 0.0655. The van der Waals surface area contributed by atoms with E-state index >= 15 is 0 Å². The lowest BCUT2D eigenvalue weighted by molar-refractivity contribution is -0.151. The third kappa shape index (κ3) is 2.20. The van der Waals surface area contributed by atoms with Crippen LogP contribution in [0.1, 0.15) is 23.9 Å². The van der Waals surface area contributed by atoms with Gasteiger partial charge in [-0.1, -0.05) is 0 Å². The van der Waals surface area contributed by atoms with Crippen LogP contribution in [0.4, 0.5) is 0 Å². The van der Waals surface area contributed by atoms with Crippen LogP contribution in [0.3, 0.4) is 0 Å². The molecular weight excluding hydrogens is 218 g/mol. The minimum absolute atomic E-state index is 0.0655. The van der Waals surface area contributed by atoms with Gasteiger partial charge in [-0.25, -0.2) is 0 Å². The van der Waals surface area contributed by atoms with Gasteiger partial charge in [-0.15, -0.1) is 0 Å². The minimum Gasteiger partial charge on any atom is -0.386 e. The molecule has 1 aromatic rings. The summed E-state index contributed by atoms with van der Waals surface area (Å²) in [6.07, 6.45) is 0.377. The van der Waals surface area contributed by atoms with Gasteiger partial charge in [0.25, 0.3) is 0 Å². The van der Waals surface area contributed by atoms with E-state index in [9.17, 15) is 9.90 Å². The SMILES string of the molecule is Cc1nn(C)c(C)c1CC(=O)N1CC(C)(O)C1. The van der Waals surface area contributed by atoms with Crippen LogP contribution in [-0.4, -0.2) is 44.4 Å². The summed E-state index contributed by atoms with van der Waals surface area (Å²) in [4.78, 5) is 13.7. The summed E-state index contributed by atoms with van der Waals surface area (Å²) < 4.78 is 1.80. The molecule has 0 unspecified atom stereocenters. The van der Waals surface area contributed by atoms with Crippen molar-refractivity contribution in [3.63, 3.8) is 0 Å². The van der Waals surface area contributed by atoms with Gasteiger partial charge in [0.1, 0.15) is 0 Å². The van der Waals surface area contributed by atoms with E-state index in [4.69, 9.17) is 0 Å². The number of hydrogen-bond donors (Lipinski definition) is 1. The molecule has 17 heavy (non-hydrogen) atoms. The quantitative estimate of drug-likeness (QED) is 0.798. The van der Waals surface area contributed by atoms with Crippen molar-refractivity contribution < 1.29 is 9.90 Å². The number of carbonyl (C=O) groups excluding carboxylic acids is 1. The maximum atomic E-state index is 12.0. The lowest BCUT2D eigenvalue weighted by Crippen LogP contribution is -2.62. The summed E-state index contributed by atoms with van der Waals surface area (Å²) in [6.45, 7) is 6.50. The Bertz CT molecular complexity index is 455. The molecule has 1 fully saturated rings. The number of rotatable bonds is 2. The first-order valence-corrected chi connectivity index (χ1v) is 5.79. The van der Waals surface area contributed by atoms with Crippen LogP contribution >= 0.6 is 0 Å². The average molecular weight is 237 g/mol. The van der Waals surface area contributed by atoms with E-state index in [2.05, 4.69) is 5.10 Å². The number of β-amino-alcohol motifs (C(OH)–C–C–N with tert-alkyl or cyclic N) is 1. The van der Waals surface area contributed by atoms with Gasteiger partial charge in [0.2, 0.25) is 5.91 Å². The molecule has 2 rings (SSSR count). The van der Waals surface area contributed by atoms with E-state index < -0.39 is 5.60 Å². The Labute approximate surface area is 101 Å². The van der Waals surface area contributed by atoms with Crippen molar-refractivity contribution >= 4 is 5.91 Å². The van der Waals surface area contributed by atoms with Crippen molar-refractivity contribution in [3.8, 4) is 0 Å². The maximum absolute atomic E-state index is 12.0. The highest BCUT2D eigenvalue weighted by Gasteiger charge is 2.39. The Kier molecular flexibility index (Phi) is 2.73. The molecule has 1 N–H and O–H groups in total. The Morgan fingerprint density at radius 3 is 2.47 bits per heavy atom.